The van der Waals surface area contributed by atoms with Gasteiger partial charge in [-0.1, -0.05) is 17.7 Å². The molecule has 2 aromatic rings. The smallest absolute Gasteiger partial charge is 0.269 e. The standard InChI is InChI=1S/C16H19N3O2/c1-11-5-6-12(2)14(7-11)15(20)10-19-16(21)8-13(9-17-19)18(3)4/h5-9H,10H2,1-4H3. The highest BCUT2D eigenvalue weighted by Gasteiger charge is 2.12. The first-order chi connectivity index (χ1) is 9.88. The summed E-state index contributed by atoms with van der Waals surface area (Å²) >= 11 is 0. The second-order valence-electron chi connectivity index (χ2n) is 5.35. The van der Waals surface area contributed by atoms with Crippen molar-refractivity contribution in [1.82, 2.24) is 9.78 Å². The number of hydrogen-bond acceptors (Lipinski definition) is 4. The van der Waals surface area contributed by atoms with Crippen LogP contribution in [-0.2, 0) is 6.54 Å². The minimum Gasteiger partial charge on any atom is -0.376 e. The summed E-state index contributed by atoms with van der Waals surface area (Å²) in [7, 11) is 3.67. The number of ketones is 1. The number of carbonyl (C=O) groups excluding carboxylic acids is 1. The van der Waals surface area contributed by atoms with Crippen LogP contribution < -0.4 is 10.5 Å². The zero-order valence-electron chi connectivity index (χ0n) is 12.8. The third-order valence-corrected chi connectivity index (χ3v) is 3.36. The van der Waals surface area contributed by atoms with Gasteiger partial charge in [-0.15, -0.1) is 0 Å². The van der Waals surface area contributed by atoms with Crippen LogP contribution in [0.3, 0.4) is 0 Å². The summed E-state index contributed by atoms with van der Waals surface area (Å²) in [6, 6.07) is 7.19. The number of carbonyl (C=O) groups is 1. The second kappa shape index (κ2) is 5.91. The number of hydrogen-bond donors (Lipinski definition) is 0. The third kappa shape index (κ3) is 3.37. The molecule has 1 aromatic carbocycles. The molecular weight excluding hydrogens is 266 g/mol. The molecule has 1 heterocycles. The van der Waals surface area contributed by atoms with E-state index in [-0.39, 0.29) is 17.9 Å². The Morgan fingerprint density at radius 3 is 2.57 bits per heavy atom. The van der Waals surface area contributed by atoms with Gasteiger partial charge >= 0.3 is 0 Å². The van der Waals surface area contributed by atoms with E-state index in [9.17, 15) is 9.59 Å². The molecule has 21 heavy (non-hydrogen) atoms. The normalized spacial score (nSPS) is 10.5. The van der Waals surface area contributed by atoms with Crippen LogP contribution in [-0.4, -0.2) is 29.7 Å². The van der Waals surface area contributed by atoms with E-state index in [4.69, 9.17) is 0 Å². The molecule has 0 unspecified atom stereocenters. The molecule has 0 atom stereocenters. The van der Waals surface area contributed by atoms with Crippen molar-refractivity contribution in [2.75, 3.05) is 19.0 Å². The van der Waals surface area contributed by atoms with Gasteiger partial charge in [0.15, 0.2) is 5.78 Å². The Labute approximate surface area is 123 Å². The van der Waals surface area contributed by atoms with Crippen LogP contribution in [0.15, 0.2) is 35.3 Å². The van der Waals surface area contributed by atoms with E-state index in [1.165, 1.54) is 10.7 Å². The van der Waals surface area contributed by atoms with Crippen molar-refractivity contribution in [2.45, 2.75) is 20.4 Å². The molecule has 0 saturated carbocycles. The molecule has 0 radical (unpaired) electrons. The predicted molar refractivity (Wildman–Crippen MR) is 83.1 cm³/mol. The van der Waals surface area contributed by atoms with Gasteiger partial charge in [-0.2, -0.15) is 5.10 Å². The molecule has 0 fully saturated rings. The van der Waals surface area contributed by atoms with Gasteiger partial charge in [0.1, 0.15) is 6.54 Å². The van der Waals surface area contributed by atoms with E-state index < -0.39 is 0 Å². The van der Waals surface area contributed by atoms with Crippen LogP contribution in [0.4, 0.5) is 5.69 Å². The van der Waals surface area contributed by atoms with Crippen LogP contribution in [0.25, 0.3) is 0 Å². The molecule has 0 amide bonds. The van der Waals surface area contributed by atoms with Crippen LogP contribution in [0.1, 0.15) is 21.5 Å². The maximum absolute atomic E-state index is 12.3. The highest BCUT2D eigenvalue weighted by Crippen LogP contribution is 2.12. The highest BCUT2D eigenvalue weighted by atomic mass is 16.1. The summed E-state index contributed by atoms with van der Waals surface area (Å²) in [6.07, 6.45) is 1.58. The molecule has 0 spiro atoms. The maximum atomic E-state index is 12.3. The topological polar surface area (TPSA) is 55.2 Å². The fourth-order valence-corrected chi connectivity index (χ4v) is 2.04. The first kappa shape index (κ1) is 15.0. The molecule has 2 rings (SSSR count). The van der Waals surface area contributed by atoms with Crippen LogP contribution in [0.5, 0.6) is 0 Å². The Kier molecular flexibility index (Phi) is 4.21. The highest BCUT2D eigenvalue weighted by molar-refractivity contribution is 5.97. The fraction of sp³-hybridized carbons (Fsp3) is 0.312. The molecule has 5 heteroatoms. The fourth-order valence-electron chi connectivity index (χ4n) is 2.04. The Morgan fingerprint density at radius 2 is 1.95 bits per heavy atom. The third-order valence-electron chi connectivity index (χ3n) is 3.36. The van der Waals surface area contributed by atoms with Crippen molar-refractivity contribution in [3.8, 4) is 0 Å². The van der Waals surface area contributed by atoms with Gasteiger partial charge in [-0.3, -0.25) is 9.59 Å². The van der Waals surface area contributed by atoms with Crippen molar-refractivity contribution in [1.29, 1.82) is 0 Å². The van der Waals surface area contributed by atoms with Gasteiger partial charge in [0.05, 0.1) is 11.9 Å². The van der Waals surface area contributed by atoms with Gasteiger partial charge < -0.3 is 4.90 Å². The monoisotopic (exact) mass is 285 g/mol. The molecule has 0 bridgehead atoms. The number of aromatic nitrogens is 2. The van der Waals surface area contributed by atoms with Crippen LogP contribution in [0.2, 0.25) is 0 Å². The van der Waals surface area contributed by atoms with Crippen molar-refractivity contribution in [2.24, 2.45) is 0 Å². The number of aryl methyl sites for hydroxylation is 2. The number of anilines is 1. The molecule has 5 nitrogen and oxygen atoms in total. The van der Waals surface area contributed by atoms with Gasteiger partial charge in [0.2, 0.25) is 0 Å². The molecule has 0 aliphatic carbocycles. The predicted octanol–water partition coefficient (Wildman–Crippen LogP) is 1.81. The van der Waals surface area contributed by atoms with Crippen molar-refractivity contribution in [3.63, 3.8) is 0 Å². The zero-order valence-corrected chi connectivity index (χ0v) is 12.8. The zero-order chi connectivity index (χ0) is 15.6. The lowest BCUT2D eigenvalue weighted by molar-refractivity contribution is 0.0965. The van der Waals surface area contributed by atoms with E-state index in [2.05, 4.69) is 5.10 Å². The van der Waals surface area contributed by atoms with E-state index in [0.717, 1.165) is 16.8 Å². The van der Waals surface area contributed by atoms with Crippen molar-refractivity contribution < 1.29 is 4.79 Å². The first-order valence-electron chi connectivity index (χ1n) is 6.73. The molecule has 0 aliphatic heterocycles. The summed E-state index contributed by atoms with van der Waals surface area (Å²) in [5.74, 6) is -0.108. The summed E-state index contributed by atoms with van der Waals surface area (Å²) in [6.45, 7) is 3.78. The quantitative estimate of drug-likeness (QED) is 0.804. The number of nitrogens with zero attached hydrogens (tertiary/aromatic N) is 3. The van der Waals surface area contributed by atoms with Crippen molar-refractivity contribution in [3.05, 3.63) is 57.5 Å². The SMILES string of the molecule is Cc1ccc(C)c(C(=O)Cn2ncc(N(C)C)cc2=O)c1. The summed E-state index contributed by atoms with van der Waals surface area (Å²) in [5.41, 5.74) is 3.01. The lowest BCUT2D eigenvalue weighted by Crippen LogP contribution is -2.27. The Balaban J connectivity index is 2.28. The average molecular weight is 285 g/mol. The molecular formula is C16H19N3O2. The Hall–Kier alpha value is -2.43. The lowest BCUT2D eigenvalue weighted by Gasteiger charge is -2.12. The van der Waals surface area contributed by atoms with E-state index >= 15 is 0 Å². The number of benzene rings is 1. The van der Waals surface area contributed by atoms with Gasteiger partial charge in [0.25, 0.3) is 5.56 Å². The number of Topliss-reactive ketones (excluding diaryl/α,β-unsaturated/α-hetero) is 1. The maximum Gasteiger partial charge on any atom is 0.269 e. The molecule has 0 N–H and O–H groups in total. The van der Waals surface area contributed by atoms with Crippen LogP contribution in [0, 0.1) is 13.8 Å². The minimum absolute atomic E-state index is 0.0448. The van der Waals surface area contributed by atoms with E-state index in [1.807, 2.05) is 46.1 Å². The number of rotatable bonds is 4. The summed E-state index contributed by atoms with van der Waals surface area (Å²) in [4.78, 5) is 26.1. The second-order valence-corrected chi connectivity index (χ2v) is 5.35. The van der Waals surface area contributed by atoms with Gasteiger partial charge in [-0.05, 0) is 25.5 Å². The Morgan fingerprint density at radius 1 is 1.24 bits per heavy atom. The first-order valence-corrected chi connectivity index (χ1v) is 6.73. The van der Waals surface area contributed by atoms with E-state index in [1.54, 1.807) is 11.1 Å². The molecule has 110 valence electrons. The molecule has 0 saturated heterocycles. The lowest BCUT2D eigenvalue weighted by atomic mass is 10.0. The van der Waals surface area contributed by atoms with Crippen molar-refractivity contribution >= 4 is 11.5 Å². The largest absolute Gasteiger partial charge is 0.376 e. The van der Waals surface area contributed by atoms with Crippen LogP contribution >= 0.6 is 0 Å². The van der Waals surface area contributed by atoms with Gasteiger partial charge in [-0.25, -0.2) is 4.68 Å². The molecule has 0 aliphatic rings. The summed E-state index contributed by atoms with van der Waals surface area (Å²) in [5, 5.41) is 4.06. The molecule has 1 aromatic heterocycles. The van der Waals surface area contributed by atoms with E-state index in [0.29, 0.717) is 5.56 Å². The average Bonchev–Trinajstić information content (AvgIpc) is 2.43. The minimum atomic E-state index is -0.278. The van der Waals surface area contributed by atoms with Gasteiger partial charge in [0, 0.05) is 25.7 Å². The Bertz CT molecular complexity index is 733. The summed E-state index contributed by atoms with van der Waals surface area (Å²) < 4.78 is 1.19.